The van der Waals surface area contributed by atoms with Crippen molar-refractivity contribution in [3.05, 3.63) is 59.4 Å². The molecule has 1 aromatic carbocycles. The Kier molecular flexibility index (Phi) is 4.87. The van der Waals surface area contributed by atoms with E-state index in [4.69, 9.17) is 5.10 Å². The van der Waals surface area contributed by atoms with Gasteiger partial charge in [-0.25, -0.2) is 4.68 Å². The Morgan fingerprint density at radius 3 is 2.72 bits per heavy atom. The zero-order valence-corrected chi connectivity index (χ0v) is 19.6. The number of allylic oxidation sites excluding steroid dienone is 1. The van der Waals surface area contributed by atoms with E-state index in [1.165, 1.54) is 49.8 Å². The molecule has 6 rings (SSSR count). The fourth-order valence-corrected chi connectivity index (χ4v) is 8.45. The molecule has 3 fully saturated rings. The maximum Gasteiger partial charge on any atom is 0.0863 e. The topological polar surface area (TPSA) is 50.9 Å². The van der Waals surface area contributed by atoms with Crippen LogP contribution in [0.4, 0.5) is 0 Å². The highest BCUT2D eigenvalue weighted by molar-refractivity contribution is 5.27. The molecule has 1 aromatic heterocycles. The maximum absolute atomic E-state index is 10.2. The molecular weight excluding hydrogens is 394 g/mol. The molecule has 0 aliphatic heterocycles. The molecule has 0 saturated heterocycles. The van der Waals surface area contributed by atoms with Gasteiger partial charge >= 0.3 is 0 Å². The first-order chi connectivity index (χ1) is 15.5. The zero-order chi connectivity index (χ0) is 21.9. The number of nitrogens with zero attached hydrogens (tertiary/aromatic N) is 3. The number of benzene rings is 1. The van der Waals surface area contributed by atoms with Crippen molar-refractivity contribution in [2.24, 2.45) is 28.6 Å². The smallest absolute Gasteiger partial charge is 0.0863 e. The van der Waals surface area contributed by atoms with E-state index in [2.05, 4.69) is 61.7 Å². The van der Waals surface area contributed by atoms with E-state index >= 15 is 0 Å². The normalized spacial score (nSPS) is 40.8. The second-order valence-corrected chi connectivity index (χ2v) is 11.7. The summed E-state index contributed by atoms with van der Waals surface area (Å²) in [4.78, 5) is 0. The van der Waals surface area contributed by atoms with E-state index in [1.807, 2.05) is 4.68 Å². The molecule has 4 nitrogen and oxygen atoms in total. The van der Waals surface area contributed by atoms with E-state index in [0.29, 0.717) is 16.7 Å². The van der Waals surface area contributed by atoms with Gasteiger partial charge in [-0.3, -0.25) is 0 Å². The van der Waals surface area contributed by atoms with Crippen LogP contribution in [0, 0.1) is 28.6 Å². The molecule has 3 saturated carbocycles. The van der Waals surface area contributed by atoms with Gasteiger partial charge in [-0.15, -0.1) is 5.10 Å². The van der Waals surface area contributed by atoms with Crippen molar-refractivity contribution in [3.63, 3.8) is 0 Å². The SMILES string of the molecule is C[C@]12CC[C@H](O)CC1=CCC1C2CC[C@@]2(C)C1CC[C@@H]2c1cn(Cc2ccccc2)nn1. The van der Waals surface area contributed by atoms with Gasteiger partial charge in [0.25, 0.3) is 0 Å². The quantitative estimate of drug-likeness (QED) is 0.631. The molecule has 0 spiro atoms. The molecule has 3 unspecified atom stereocenters. The second kappa shape index (κ2) is 7.55. The Hall–Kier alpha value is -1.94. The van der Waals surface area contributed by atoms with Gasteiger partial charge in [0.2, 0.25) is 0 Å². The molecule has 4 heteroatoms. The lowest BCUT2D eigenvalue weighted by Gasteiger charge is -2.58. The van der Waals surface area contributed by atoms with Gasteiger partial charge in [0.05, 0.1) is 18.3 Å². The van der Waals surface area contributed by atoms with Crippen LogP contribution in [0.5, 0.6) is 0 Å². The number of rotatable bonds is 3. The van der Waals surface area contributed by atoms with Gasteiger partial charge in [0.15, 0.2) is 0 Å². The van der Waals surface area contributed by atoms with Crippen LogP contribution >= 0.6 is 0 Å². The lowest BCUT2D eigenvalue weighted by Crippen LogP contribution is -2.50. The summed E-state index contributed by atoms with van der Waals surface area (Å²) in [5.74, 6) is 2.90. The predicted molar refractivity (Wildman–Crippen MR) is 126 cm³/mol. The van der Waals surface area contributed by atoms with Gasteiger partial charge in [-0.2, -0.15) is 0 Å². The predicted octanol–water partition coefficient (Wildman–Crippen LogP) is 5.73. The maximum atomic E-state index is 10.2. The third-order valence-electron chi connectivity index (χ3n) is 10.2. The number of aliphatic hydroxyl groups is 1. The average Bonchev–Trinajstić information content (AvgIpc) is 3.38. The summed E-state index contributed by atoms with van der Waals surface area (Å²) in [6, 6.07) is 10.6. The minimum Gasteiger partial charge on any atom is -0.393 e. The standard InChI is InChI=1S/C28H37N3O/c1-27-14-12-21(32)16-20(27)8-9-22-23-10-11-25(28(23,2)15-13-24(22)27)26-18-31(30-29-26)17-19-6-4-3-5-7-19/h3-8,18,21-25,32H,9-17H2,1-2H3/t21-,22?,23?,24?,25+,27-,28-/m0/s1. The Morgan fingerprint density at radius 2 is 1.88 bits per heavy atom. The van der Waals surface area contributed by atoms with Crippen molar-refractivity contribution >= 4 is 0 Å². The minimum atomic E-state index is -0.117. The number of hydrogen-bond acceptors (Lipinski definition) is 3. The highest BCUT2D eigenvalue weighted by Crippen LogP contribution is 2.67. The van der Waals surface area contributed by atoms with Crippen molar-refractivity contribution in [2.75, 3.05) is 0 Å². The largest absolute Gasteiger partial charge is 0.393 e. The van der Waals surface area contributed by atoms with Gasteiger partial charge in [0, 0.05) is 12.1 Å². The number of aliphatic hydroxyl groups excluding tert-OH is 1. The molecule has 4 aliphatic rings. The molecule has 32 heavy (non-hydrogen) atoms. The van der Waals surface area contributed by atoms with E-state index in [9.17, 15) is 5.11 Å². The van der Waals surface area contributed by atoms with Crippen LogP contribution in [0.15, 0.2) is 48.2 Å². The van der Waals surface area contributed by atoms with Crippen LogP contribution < -0.4 is 0 Å². The summed E-state index contributed by atoms with van der Waals surface area (Å²) in [5, 5.41) is 19.5. The molecule has 4 aliphatic carbocycles. The van der Waals surface area contributed by atoms with Gasteiger partial charge < -0.3 is 5.11 Å². The van der Waals surface area contributed by atoms with Gasteiger partial charge in [-0.05, 0) is 85.5 Å². The van der Waals surface area contributed by atoms with Crippen molar-refractivity contribution in [1.82, 2.24) is 15.0 Å². The molecule has 0 amide bonds. The summed E-state index contributed by atoms with van der Waals surface area (Å²) < 4.78 is 2.02. The van der Waals surface area contributed by atoms with E-state index in [0.717, 1.165) is 37.1 Å². The Labute approximate surface area is 192 Å². The number of fused-ring (bicyclic) bond motifs is 5. The van der Waals surface area contributed by atoms with Gasteiger partial charge in [0.1, 0.15) is 0 Å². The lowest BCUT2D eigenvalue weighted by atomic mass is 9.47. The molecule has 170 valence electrons. The molecule has 0 radical (unpaired) electrons. The van der Waals surface area contributed by atoms with E-state index in [-0.39, 0.29) is 6.10 Å². The molecule has 7 atom stereocenters. The van der Waals surface area contributed by atoms with Crippen molar-refractivity contribution in [2.45, 2.75) is 83.8 Å². The first kappa shape index (κ1) is 20.7. The minimum absolute atomic E-state index is 0.117. The highest BCUT2D eigenvalue weighted by Gasteiger charge is 2.59. The summed E-state index contributed by atoms with van der Waals surface area (Å²) in [6.45, 7) is 5.88. The summed E-state index contributed by atoms with van der Waals surface area (Å²) in [5.41, 5.74) is 4.71. The lowest BCUT2D eigenvalue weighted by molar-refractivity contribution is -0.0412. The first-order valence-electron chi connectivity index (χ1n) is 12.8. The Morgan fingerprint density at radius 1 is 1.03 bits per heavy atom. The summed E-state index contributed by atoms with van der Waals surface area (Å²) in [7, 11) is 0. The second-order valence-electron chi connectivity index (χ2n) is 11.7. The van der Waals surface area contributed by atoms with Crippen molar-refractivity contribution in [3.8, 4) is 0 Å². The summed E-state index contributed by atoms with van der Waals surface area (Å²) in [6.07, 6.45) is 14.1. The van der Waals surface area contributed by atoms with E-state index < -0.39 is 0 Å². The average molecular weight is 432 g/mol. The Bertz CT molecular complexity index is 1010. The monoisotopic (exact) mass is 431 g/mol. The third-order valence-corrected chi connectivity index (χ3v) is 10.2. The third kappa shape index (κ3) is 3.13. The fourth-order valence-electron chi connectivity index (χ4n) is 8.45. The van der Waals surface area contributed by atoms with Crippen LogP contribution in [0.3, 0.4) is 0 Å². The van der Waals surface area contributed by atoms with Gasteiger partial charge in [-0.1, -0.05) is 61.0 Å². The van der Waals surface area contributed by atoms with Crippen LogP contribution in [0.25, 0.3) is 0 Å². The molecule has 0 bridgehead atoms. The number of hydrogen-bond donors (Lipinski definition) is 1. The van der Waals surface area contributed by atoms with Crippen molar-refractivity contribution in [1.29, 1.82) is 0 Å². The molecular formula is C28H37N3O. The number of aromatic nitrogens is 3. The summed E-state index contributed by atoms with van der Waals surface area (Å²) >= 11 is 0. The van der Waals surface area contributed by atoms with Crippen LogP contribution in [0.2, 0.25) is 0 Å². The highest BCUT2D eigenvalue weighted by atomic mass is 16.3. The molecule has 1 N–H and O–H groups in total. The Balaban J connectivity index is 1.24. The fraction of sp³-hybridized carbons (Fsp3) is 0.643. The molecule has 2 aromatic rings. The van der Waals surface area contributed by atoms with Crippen LogP contribution in [-0.4, -0.2) is 26.2 Å². The van der Waals surface area contributed by atoms with E-state index in [1.54, 1.807) is 5.57 Å². The molecule has 1 heterocycles. The zero-order valence-electron chi connectivity index (χ0n) is 19.6. The first-order valence-corrected chi connectivity index (χ1v) is 12.8. The van der Waals surface area contributed by atoms with Crippen LogP contribution in [0.1, 0.15) is 82.4 Å². The van der Waals surface area contributed by atoms with Crippen molar-refractivity contribution < 1.29 is 5.11 Å². The van der Waals surface area contributed by atoms with Crippen LogP contribution in [-0.2, 0) is 6.54 Å².